The molecule has 0 aliphatic carbocycles. The minimum Gasteiger partial charge on any atom is -0.352 e. The first kappa shape index (κ1) is 22.3. The second kappa shape index (κ2) is 10.1. The van der Waals surface area contributed by atoms with Gasteiger partial charge in [0, 0.05) is 37.3 Å². The second-order valence-corrected chi connectivity index (χ2v) is 9.34. The van der Waals surface area contributed by atoms with Crippen molar-refractivity contribution in [3.8, 4) is 0 Å². The zero-order valence-electron chi connectivity index (χ0n) is 16.4. The fourth-order valence-corrected chi connectivity index (χ4v) is 5.23. The Morgan fingerprint density at radius 1 is 1.03 bits per heavy atom. The highest BCUT2D eigenvalue weighted by molar-refractivity contribution is 7.89. The van der Waals surface area contributed by atoms with Gasteiger partial charge in [0.2, 0.25) is 15.9 Å². The van der Waals surface area contributed by atoms with Crippen molar-refractivity contribution in [2.75, 3.05) is 25.0 Å². The summed E-state index contributed by atoms with van der Waals surface area (Å²) in [6, 6.07) is 13.3. The molecule has 0 spiro atoms. The van der Waals surface area contributed by atoms with Crippen LogP contribution in [0.1, 0.15) is 36.0 Å². The van der Waals surface area contributed by atoms with Gasteiger partial charge in [0.25, 0.3) is 5.91 Å². The molecule has 0 bridgehead atoms. The van der Waals surface area contributed by atoms with E-state index in [1.807, 2.05) is 6.07 Å². The van der Waals surface area contributed by atoms with E-state index in [1.165, 1.54) is 16.4 Å². The van der Waals surface area contributed by atoms with Crippen LogP contribution in [0.4, 0.5) is 5.69 Å². The van der Waals surface area contributed by atoms with E-state index in [-0.39, 0.29) is 28.2 Å². The van der Waals surface area contributed by atoms with Gasteiger partial charge in [-0.25, -0.2) is 8.42 Å². The fourth-order valence-electron chi connectivity index (χ4n) is 3.21. The van der Waals surface area contributed by atoms with Gasteiger partial charge >= 0.3 is 0 Å². The second-order valence-electron chi connectivity index (χ2n) is 7.03. The molecule has 1 fully saturated rings. The Labute approximate surface area is 181 Å². The molecule has 0 atom stereocenters. The lowest BCUT2D eigenvalue weighted by Gasteiger charge is -2.17. The topological polar surface area (TPSA) is 95.6 Å². The summed E-state index contributed by atoms with van der Waals surface area (Å²) in [5, 5.41) is 5.59. The number of nitrogens with one attached hydrogen (secondary N) is 2. The van der Waals surface area contributed by atoms with Crippen LogP contribution in [0.5, 0.6) is 0 Å². The summed E-state index contributed by atoms with van der Waals surface area (Å²) in [6.07, 6.45) is 2.30. The average molecular weight is 450 g/mol. The van der Waals surface area contributed by atoms with Crippen LogP contribution in [0.25, 0.3) is 0 Å². The van der Waals surface area contributed by atoms with Crippen molar-refractivity contribution in [3.63, 3.8) is 0 Å². The maximum Gasteiger partial charge on any atom is 0.251 e. The monoisotopic (exact) mass is 449 g/mol. The first-order valence-corrected chi connectivity index (χ1v) is 11.6. The number of carbonyl (C=O) groups excluding carboxylic acids is 2. The fraction of sp³-hybridized carbons (Fsp3) is 0.333. The maximum absolute atomic E-state index is 12.8. The van der Waals surface area contributed by atoms with Crippen LogP contribution in [-0.4, -0.2) is 44.2 Å². The third kappa shape index (κ3) is 5.59. The SMILES string of the molecule is O=C(CCCNC(=O)c1ccccc1)Nc1ccc(Cl)c(S(=O)(=O)N2CCCC2)c1. The van der Waals surface area contributed by atoms with Crippen molar-refractivity contribution in [2.45, 2.75) is 30.6 Å². The third-order valence-electron chi connectivity index (χ3n) is 4.80. The minimum absolute atomic E-state index is 0.000934. The number of rotatable bonds is 8. The quantitative estimate of drug-likeness (QED) is 0.604. The van der Waals surface area contributed by atoms with Crippen molar-refractivity contribution in [1.29, 1.82) is 0 Å². The van der Waals surface area contributed by atoms with Gasteiger partial charge in [-0.15, -0.1) is 0 Å². The molecule has 160 valence electrons. The van der Waals surface area contributed by atoms with Crippen LogP contribution in [0, 0.1) is 0 Å². The van der Waals surface area contributed by atoms with Gasteiger partial charge in [0.15, 0.2) is 0 Å². The number of nitrogens with zero attached hydrogens (tertiary/aromatic N) is 1. The van der Waals surface area contributed by atoms with Gasteiger partial charge < -0.3 is 10.6 Å². The van der Waals surface area contributed by atoms with Crippen molar-refractivity contribution in [1.82, 2.24) is 9.62 Å². The van der Waals surface area contributed by atoms with E-state index in [9.17, 15) is 18.0 Å². The summed E-state index contributed by atoms with van der Waals surface area (Å²) in [5.41, 5.74) is 0.936. The summed E-state index contributed by atoms with van der Waals surface area (Å²) in [4.78, 5) is 24.2. The average Bonchev–Trinajstić information content (AvgIpc) is 3.29. The van der Waals surface area contributed by atoms with E-state index in [0.29, 0.717) is 37.3 Å². The molecular formula is C21H24ClN3O4S. The van der Waals surface area contributed by atoms with E-state index < -0.39 is 10.0 Å². The van der Waals surface area contributed by atoms with Gasteiger partial charge in [-0.1, -0.05) is 29.8 Å². The zero-order valence-corrected chi connectivity index (χ0v) is 18.0. The largest absolute Gasteiger partial charge is 0.352 e. The normalized spacial score (nSPS) is 14.4. The van der Waals surface area contributed by atoms with E-state index in [2.05, 4.69) is 10.6 Å². The van der Waals surface area contributed by atoms with Crippen molar-refractivity contribution in [3.05, 3.63) is 59.1 Å². The third-order valence-corrected chi connectivity index (χ3v) is 7.18. The van der Waals surface area contributed by atoms with E-state index in [4.69, 9.17) is 11.6 Å². The molecule has 0 radical (unpaired) electrons. The molecule has 1 aliphatic heterocycles. The number of benzene rings is 2. The Morgan fingerprint density at radius 3 is 2.43 bits per heavy atom. The van der Waals surface area contributed by atoms with Gasteiger partial charge in [-0.2, -0.15) is 4.31 Å². The molecule has 9 heteroatoms. The molecule has 2 aromatic carbocycles. The smallest absolute Gasteiger partial charge is 0.251 e. The molecule has 2 N–H and O–H groups in total. The molecule has 0 unspecified atom stereocenters. The highest BCUT2D eigenvalue weighted by Gasteiger charge is 2.29. The molecule has 2 aromatic rings. The van der Waals surface area contributed by atoms with Crippen LogP contribution in [0.15, 0.2) is 53.4 Å². The number of hydrogen-bond donors (Lipinski definition) is 2. The molecule has 1 saturated heterocycles. The summed E-state index contributed by atoms with van der Waals surface area (Å²) in [5.74, 6) is -0.457. The standard InChI is InChI=1S/C21H24ClN3O4S/c22-18-11-10-17(15-19(18)30(28,29)25-13-4-5-14-25)24-20(26)9-6-12-23-21(27)16-7-2-1-3-8-16/h1-3,7-8,10-11,15H,4-6,9,12-14H2,(H,23,27)(H,24,26). The molecule has 30 heavy (non-hydrogen) atoms. The maximum atomic E-state index is 12.8. The Bertz CT molecular complexity index is 1010. The highest BCUT2D eigenvalue weighted by Crippen LogP contribution is 2.29. The molecule has 1 heterocycles. The number of hydrogen-bond acceptors (Lipinski definition) is 4. The molecule has 1 aliphatic rings. The number of sulfonamides is 1. The zero-order chi connectivity index (χ0) is 21.6. The van der Waals surface area contributed by atoms with Crippen LogP contribution in [0.3, 0.4) is 0 Å². The van der Waals surface area contributed by atoms with Crippen molar-refractivity contribution in [2.24, 2.45) is 0 Å². The molecular weight excluding hydrogens is 426 g/mol. The molecule has 2 amide bonds. The molecule has 0 aromatic heterocycles. The van der Waals surface area contributed by atoms with Crippen LogP contribution in [-0.2, 0) is 14.8 Å². The van der Waals surface area contributed by atoms with Crippen LogP contribution >= 0.6 is 11.6 Å². The Morgan fingerprint density at radius 2 is 1.73 bits per heavy atom. The van der Waals surface area contributed by atoms with Crippen LogP contribution in [0.2, 0.25) is 5.02 Å². The Hall–Kier alpha value is -2.42. The Kier molecular flexibility index (Phi) is 7.47. The predicted octanol–water partition coefficient (Wildman–Crippen LogP) is 3.27. The number of halogens is 1. The number of amides is 2. The summed E-state index contributed by atoms with van der Waals surface area (Å²) in [6.45, 7) is 1.31. The summed E-state index contributed by atoms with van der Waals surface area (Å²) in [7, 11) is -3.68. The lowest BCUT2D eigenvalue weighted by atomic mass is 10.2. The molecule has 0 saturated carbocycles. The summed E-state index contributed by atoms with van der Waals surface area (Å²) >= 11 is 6.12. The highest BCUT2D eigenvalue weighted by atomic mass is 35.5. The molecule has 3 rings (SSSR count). The first-order chi connectivity index (χ1) is 14.4. The Balaban J connectivity index is 1.52. The van der Waals surface area contributed by atoms with E-state index in [1.54, 1.807) is 30.3 Å². The predicted molar refractivity (Wildman–Crippen MR) is 116 cm³/mol. The van der Waals surface area contributed by atoms with E-state index >= 15 is 0 Å². The summed E-state index contributed by atoms with van der Waals surface area (Å²) < 4.78 is 27.0. The van der Waals surface area contributed by atoms with Gasteiger partial charge in [-0.3, -0.25) is 9.59 Å². The minimum atomic E-state index is -3.68. The first-order valence-electron chi connectivity index (χ1n) is 9.81. The van der Waals surface area contributed by atoms with Crippen molar-refractivity contribution >= 4 is 39.1 Å². The lowest BCUT2D eigenvalue weighted by molar-refractivity contribution is -0.116. The number of carbonyl (C=O) groups is 2. The lowest BCUT2D eigenvalue weighted by Crippen LogP contribution is -2.28. The number of anilines is 1. The van der Waals surface area contributed by atoms with Gasteiger partial charge in [0.05, 0.1) is 5.02 Å². The van der Waals surface area contributed by atoms with Crippen LogP contribution < -0.4 is 10.6 Å². The van der Waals surface area contributed by atoms with Crippen molar-refractivity contribution < 1.29 is 18.0 Å². The van der Waals surface area contributed by atoms with Gasteiger partial charge in [-0.05, 0) is 49.6 Å². The van der Waals surface area contributed by atoms with E-state index in [0.717, 1.165) is 12.8 Å². The molecule has 7 nitrogen and oxygen atoms in total. The van der Waals surface area contributed by atoms with Gasteiger partial charge in [0.1, 0.15) is 4.90 Å².